The van der Waals surface area contributed by atoms with E-state index < -0.39 is 0 Å². The number of hydrogen-bond donors (Lipinski definition) is 0. The van der Waals surface area contributed by atoms with Gasteiger partial charge in [-0.05, 0) is 75.0 Å². The molecule has 0 heterocycles. The fraction of sp³-hybridized carbons (Fsp3) is 0.900. The lowest BCUT2D eigenvalue weighted by Gasteiger charge is -2.28. The van der Waals surface area contributed by atoms with Gasteiger partial charge >= 0.3 is 0 Å². The van der Waals surface area contributed by atoms with Crippen LogP contribution >= 0.6 is 0 Å². The molecule has 0 bridgehead atoms. The largest absolute Gasteiger partial charge is 0.0851 e. The molecule has 0 unspecified atom stereocenters. The minimum Gasteiger partial charge on any atom is -0.0851 e. The summed E-state index contributed by atoms with van der Waals surface area (Å²) in [6, 6.07) is 0. The van der Waals surface area contributed by atoms with Gasteiger partial charge in [0.05, 0.1) is 0 Å². The zero-order valence-corrected chi connectivity index (χ0v) is 13.9. The lowest BCUT2D eigenvalue weighted by Crippen LogP contribution is -2.15. The Balaban J connectivity index is 1.64. The minimum atomic E-state index is 0.913. The van der Waals surface area contributed by atoms with Gasteiger partial charge in [-0.25, -0.2) is 0 Å². The van der Waals surface area contributed by atoms with Crippen molar-refractivity contribution >= 4 is 0 Å². The molecular weight excluding hydrogens is 240 g/mol. The Bertz CT molecular complexity index is 234. The predicted molar refractivity (Wildman–Crippen MR) is 89.9 cm³/mol. The van der Waals surface area contributed by atoms with Crippen molar-refractivity contribution in [3.63, 3.8) is 0 Å². The first-order valence-electron chi connectivity index (χ1n) is 9.50. The van der Waals surface area contributed by atoms with E-state index in [-0.39, 0.29) is 0 Å². The van der Waals surface area contributed by atoms with Gasteiger partial charge in [0.25, 0.3) is 0 Å². The number of rotatable bonds is 6. The Morgan fingerprint density at radius 2 is 0.950 bits per heavy atom. The number of hydrogen-bond acceptors (Lipinski definition) is 0. The summed E-state index contributed by atoms with van der Waals surface area (Å²) in [5.41, 5.74) is 0. The molecule has 2 rings (SSSR count). The minimum absolute atomic E-state index is 0.913. The zero-order chi connectivity index (χ0) is 14.2. The van der Waals surface area contributed by atoms with Gasteiger partial charge in [0, 0.05) is 0 Å². The van der Waals surface area contributed by atoms with Gasteiger partial charge in [0.1, 0.15) is 0 Å². The second-order valence-corrected chi connectivity index (χ2v) is 7.52. The third-order valence-corrected chi connectivity index (χ3v) is 5.83. The quantitative estimate of drug-likeness (QED) is 0.470. The second kappa shape index (κ2) is 8.90. The van der Waals surface area contributed by atoms with Crippen LogP contribution in [0.1, 0.15) is 90.9 Å². The smallest absolute Gasteiger partial charge is 0.0233 e. The highest BCUT2D eigenvalue weighted by atomic mass is 14.3. The average molecular weight is 277 g/mol. The van der Waals surface area contributed by atoms with E-state index >= 15 is 0 Å². The summed E-state index contributed by atoms with van der Waals surface area (Å²) in [7, 11) is 0. The topological polar surface area (TPSA) is 0 Å². The van der Waals surface area contributed by atoms with Gasteiger partial charge in [0.15, 0.2) is 0 Å². The fourth-order valence-electron chi connectivity index (χ4n) is 4.47. The molecule has 0 aliphatic heterocycles. The van der Waals surface area contributed by atoms with Crippen LogP contribution in [0.5, 0.6) is 0 Å². The third-order valence-electron chi connectivity index (χ3n) is 5.83. The molecule has 0 atom stereocenters. The summed E-state index contributed by atoms with van der Waals surface area (Å²) < 4.78 is 0. The molecule has 116 valence electrons. The lowest BCUT2D eigenvalue weighted by atomic mass is 9.77. The summed E-state index contributed by atoms with van der Waals surface area (Å²) in [5.74, 6) is 3.93. The monoisotopic (exact) mass is 276 g/mol. The maximum atomic E-state index is 2.60. The molecule has 20 heavy (non-hydrogen) atoms. The van der Waals surface area contributed by atoms with Gasteiger partial charge in [-0.3, -0.25) is 0 Å². The van der Waals surface area contributed by atoms with Crippen LogP contribution in [0.3, 0.4) is 0 Å². The van der Waals surface area contributed by atoms with Crippen LogP contribution in [-0.2, 0) is 0 Å². The molecule has 0 aromatic heterocycles. The molecule has 0 radical (unpaired) electrons. The van der Waals surface area contributed by atoms with E-state index in [1.54, 1.807) is 0 Å². The van der Waals surface area contributed by atoms with Gasteiger partial charge < -0.3 is 0 Å². The van der Waals surface area contributed by atoms with Gasteiger partial charge in [0.2, 0.25) is 0 Å². The molecule has 2 fully saturated rings. The Kier molecular flexibility index (Phi) is 7.17. The van der Waals surface area contributed by atoms with Crippen molar-refractivity contribution in [3.8, 4) is 0 Å². The molecule has 0 saturated heterocycles. The molecule has 0 amide bonds. The standard InChI is InChI=1S/C20H36/c1-3-5-17-7-11-19(12-8-17)15-16-20-13-9-18(6-4-2)10-14-20/h15-20H,3-14H2,1-2H3/b16-15+/t17-,18-,19-,20-. The van der Waals surface area contributed by atoms with Crippen molar-refractivity contribution in [1.82, 2.24) is 0 Å². The first kappa shape index (κ1) is 16.1. The highest BCUT2D eigenvalue weighted by Crippen LogP contribution is 2.35. The highest BCUT2D eigenvalue weighted by Gasteiger charge is 2.21. The van der Waals surface area contributed by atoms with E-state index in [1.807, 2.05) is 0 Å². The number of allylic oxidation sites excluding steroid dienone is 2. The van der Waals surface area contributed by atoms with Crippen molar-refractivity contribution in [1.29, 1.82) is 0 Å². The molecule has 0 heteroatoms. The lowest BCUT2D eigenvalue weighted by molar-refractivity contribution is 0.284. The summed E-state index contributed by atoms with van der Waals surface area (Å²) in [6.07, 6.45) is 22.7. The molecule has 0 aromatic rings. The first-order valence-corrected chi connectivity index (χ1v) is 9.50. The SMILES string of the molecule is CCC[C@H]1CC[C@H](/C=C/[C@H]2CC[C@H](CCC)CC2)CC1. The predicted octanol–water partition coefficient (Wildman–Crippen LogP) is 6.76. The average Bonchev–Trinajstić information content (AvgIpc) is 2.49. The molecule has 0 nitrogen and oxygen atoms in total. The van der Waals surface area contributed by atoms with Crippen molar-refractivity contribution in [2.45, 2.75) is 90.9 Å². The van der Waals surface area contributed by atoms with Crippen molar-refractivity contribution in [3.05, 3.63) is 12.2 Å². The van der Waals surface area contributed by atoms with Gasteiger partial charge in [-0.2, -0.15) is 0 Å². The van der Waals surface area contributed by atoms with E-state index in [0.717, 1.165) is 23.7 Å². The second-order valence-electron chi connectivity index (χ2n) is 7.52. The van der Waals surface area contributed by atoms with Crippen LogP contribution < -0.4 is 0 Å². The van der Waals surface area contributed by atoms with Crippen LogP contribution in [0, 0.1) is 23.7 Å². The van der Waals surface area contributed by atoms with E-state index in [2.05, 4.69) is 26.0 Å². The van der Waals surface area contributed by atoms with Crippen LogP contribution in [-0.4, -0.2) is 0 Å². The van der Waals surface area contributed by atoms with E-state index in [9.17, 15) is 0 Å². The Hall–Kier alpha value is -0.260. The summed E-state index contributed by atoms with van der Waals surface area (Å²) in [6.45, 7) is 4.67. The Labute approximate surface area is 127 Å². The molecule has 0 N–H and O–H groups in total. The molecule has 0 aromatic carbocycles. The summed E-state index contributed by atoms with van der Waals surface area (Å²) >= 11 is 0. The van der Waals surface area contributed by atoms with Crippen LogP contribution in [0.4, 0.5) is 0 Å². The summed E-state index contributed by atoms with van der Waals surface area (Å²) in [4.78, 5) is 0. The molecule has 2 aliphatic rings. The van der Waals surface area contributed by atoms with E-state index in [4.69, 9.17) is 0 Å². The Morgan fingerprint density at radius 1 is 0.600 bits per heavy atom. The maximum Gasteiger partial charge on any atom is -0.0233 e. The van der Waals surface area contributed by atoms with Crippen molar-refractivity contribution < 1.29 is 0 Å². The Morgan fingerprint density at radius 3 is 1.25 bits per heavy atom. The van der Waals surface area contributed by atoms with Gasteiger partial charge in [-0.15, -0.1) is 0 Å². The fourth-order valence-corrected chi connectivity index (χ4v) is 4.47. The third kappa shape index (κ3) is 5.26. The maximum absolute atomic E-state index is 2.60. The molecular formula is C20H36. The van der Waals surface area contributed by atoms with Crippen LogP contribution in [0.2, 0.25) is 0 Å². The highest BCUT2D eigenvalue weighted by molar-refractivity contribution is 4.96. The summed E-state index contributed by atoms with van der Waals surface area (Å²) in [5, 5.41) is 0. The van der Waals surface area contributed by atoms with Crippen molar-refractivity contribution in [2.24, 2.45) is 23.7 Å². The van der Waals surface area contributed by atoms with E-state index in [1.165, 1.54) is 77.0 Å². The van der Waals surface area contributed by atoms with E-state index in [0.29, 0.717) is 0 Å². The van der Waals surface area contributed by atoms with Crippen molar-refractivity contribution in [2.75, 3.05) is 0 Å². The first-order chi connectivity index (χ1) is 9.81. The zero-order valence-electron chi connectivity index (χ0n) is 13.9. The normalized spacial score (nSPS) is 35.5. The molecule has 0 spiro atoms. The molecule has 2 saturated carbocycles. The van der Waals surface area contributed by atoms with Crippen LogP contribution in [0.15, 0.2) is 12.2 Å². The molecule has 2 aliphatic carbocycles. The van der Waals surface area contributed by atoms with Crippen LogP contribution in [0.25, 0.3) is 0 Å². The van der Waals surface area contributed by atoms with Gasteiger partial charge in [-0.1, -0.05) is 51.7 Å².